The lowest BCUT2D eigenvalue weighted by atomic mass is 9.77. The van der Waals surface area contributed by atoms with Crippen LogP contribution in [-0.2, 0) is 4.74 Å². The van der Waals surface area contributed by atoms with E-state index < -0.39 is 0 Å². The van der Waals surface area contributed by atoms with Gasteiger partial charge in [-0.15, -0.1) is 0 Å². The number of nitrogens with one attached hydrogen (secondary N) is 1. The molecule has 1 saturated heterocycles. The minimum atomic E-state index is 0.178. The van der Waals surface area contributed by atoms with Crippen molar-refractivity contribution in [2.24, 2.45) is 5.92 Å². The predicted molar refractivity (Wildman–Crippen MR) is 85.7 cm³/mol. The number of fused-ring (bicyclic) bond motifs is 3. The van der Waals surface area contributed by atoms with Gasteiger partial charge in [-0.2, -0.15) is 0 Å². The van der Waals surface area contributed by atoms with Crippen LogP contribution in [0.4, 0.5) is 5.69 Å². The third-order valence-corrected chi connectivity index (χ3v) is 4.82. The van der Waals surface area contributed by atoms with Crippen molar-refractivity contribution >= 4 is 17.3 Å². The molecule has 108 valence electrons. The molecule has 1 N–H and O–H groups in total. The molecule has 2 heterocycles. The Labute approximate surface area is 130 Å². The van der Waals surface area contributed by atoms with Gasteiger partial charge in [-0.1, -0.05) is 48.0 Å². The van der Waals surface area contributed by atoms with Gasteiger partial charge in [0.1, 0.15) is 0 Å². The number of hydrogen-bond acceptors (Lipinski definition) is 2. The van der Waals surface area contributed by atoms with Crippen LogP contribution in [0.25, 0.3) is 0 Å². The fourth-order valence-corrected chi connectivity index (χ4v) is 3.81. The molecule has 0 unspecified atom stereocenters. The maximum atomic E-state index is 6.16. The zero-order chi connectivity index (χ0) is 14.2. The van der Waals surface area contributed by atoms with Crippen LogP contribution in [0.1, 0.15) is 36.1 Å². The molecule has 2 aromatic carbocycles. The van der Waals surface area contributed by atoms with E-state index in [1.54, 1.807) is 0 Å². The molecule has 2 aliphatic rings. The number of benzene rings is 2. The summed E-state index contributed by atoms with van der Waals surface area (Å²) in [6.45, 7) is 0.852. The van der Waals surface area contributed by atoms with Crippen LogP contribution < -0.4 is 5.32 Å². The van der Waals surface area contributed by atoms with Gasteiger partial charge in [0, 0.05) is 28.8 Å². The Kier molecular flexibility index (Phi) is 3.36. The third-order valence-electron chi connectivity index (χ3n) is 4.59. The monoisotopic (exact) mass is 299 g/mol. The Hall–Kier alpha value is -1.51. The Balaban J connectivity index is 1.79. The molecule has 0 aromatic heterocycles. The number of rotatable bonds is 1. The van der Waals surface area contributed by atoms with Crippen LogP contribution in [0.3, 0.4) is 0 Å². The lowest BCUT2D eigenvalue weighted by Crippen LogP contribution is -2.35. The quantitative estimate of drug-likeness (QED) is 0.802. The standard InChI is InChI=1S/C18H18ClNO/c19-13-8-9-14-16(11-13)20-17(12-5-2-1-3-6-12)15-7-4-10-21-18(14)15/h1-3,5-6,8-9,11,15,17-18,20H,4,7,10H2/t15-,17-,18-/m1/s1. The molecule has 0 aliphatic carbocycles. The van der Waals surface area contributed by atoms with Crippen LogP contribution in [0.15, 0.2) is 48.5 Å². The van der Waals surface area contributed by atoms with Gasteiger partial charge in [0.15, 0.2) is 0 Å². The van der Waals surface area contributed by atoms with Gasteiger partial charge in [-0.25, -0.2) is 0 Å². The minimum Gasteiger partial charge on any atom is -0.377 e. The van der Waals surface area contributed by atoms with Gasteiger partial charge in [-0.3, -0.25) is 0 Å². The van der Waals surface area contributed by atoms with Crippen molar-refractivity contribution < 1.29 is 4.74 Å². The molecule has 4 rings (SSSR count). The molecule has 21 heavy (non-hydrogen) atoms. The summed E-state index contributed by atoms with van der Waals surface area (Å²) in [4.78, 5) is 0. The lowest BCUT2D eigenvalue weighted by Gasteiger charge is -2.43. The average molecular weight is 300 g/mol. The van der Waals surface area contributed by atoms with Crippen LogP contribution in [0.2, 0.25) is 5.02 Å². The molecule has 3 atom stereocenters. The Morgan fingerprint density at radius 2 is 1.95 bits per heavy atom. The number of ether oxygens (including phenoxy) is 1. The summed E-state index contributed by atoms with van der Waals surface area (Å²) in [6.07, 6.45) is 2.51. The Bertz CT molecular complexity index is 643. The van der Waals surface area contributed by atoms with Gasteiger partial charge in [0.25, 0.3) is 0 Å². The fraction of sp³-hybridized carbons (Fsp3) is 0.333. The molecule has 2 nitrogen and oxygen atoms in total. The minimum absolute atomic E-state index is 0.178. The molecule has 1 fully saturated rings. The first kappa shape index (κ1) is 13.2. The van der Waals surface area contributed by atoms with Crippen LogP contribution >= 0.6 is 11.6 Å². The van der Waals surface area contributed by atoms with E-state index in [1.165, 1.54) is 17.5 Å². The van der Waals surface area contributed by atoms with Crippen molar-refractivity contribution in [1.29, 1.82) is 0 Å². The summed E-state index contributed by atoms with van der Waals surface area (Å²) in [6, 6.07) is 17.0. The Morgan fingerprint density at radius 3 is 2.81 bits per heavy atom. The van der Waals surface area contributed by atoms with E-state index >= 15 is 0 Å². The Morgan fingerprint density at radius 1 is 1.10 bits per heavy atom. The largest absolute Gasteiger partial charge is 0.377 e. The highest BCUT2D eigenvalue weighted by Crippen LogP contribution is 2.49. The summed E-state index contributed by atoms with van der Waals surface area (Å²) in [7, 11) is 0. The van der Waals surface area contributed by atoms with Crippen molar-refractivity contribution in [3.8, 4) is 0 Å². The highest BCUT2D eigenvalue weighted by atomic mass is 35.5. The van der Waals surface area contributed by atoms with Gasteiger partial charge < -0.3 is 10.1 Å². The van der Waals surface area contributed by atoms with E-state index in [9.17, 15) is 0 Å². The van der Waals surface area contributed by atoms with Crippen molar-refractivity contribution in [3.63, 3.8) is 0 Å². The molecule has 0 bridgehead atoms. The second-order valence-electron chi connectivity index (χ2n) is 5.86. The summed E-state index contributed by atoms with van der Waals surface area (Å²) < 4.78 is 6.12. The maximum absolute atomic E-state index is 6.16. The first-order valence-corrected chi connectivity index (χ1v) is 7.93. The van der Waals surface area contributed by atoms with Crippen molar-refractivity contribution in [2.75, 3.05) is 11.9 Å². The van der Waals surface area contributed by atoms with E-state index in [2.05, 4.69) is 41.7 Å². The second-order valence-corrected chi connectivity index (χ2v) is 6.30. The smallest absolute Gasteiger partial charge is 0.0895 e. The summed E-state index contributed by atoms with van der Waals surface area (Å²) in [5, 5.41) is 4.45. The van der Waals surface area contributed by atoms with Gasteiger partial charge in [0.05, 0.1) is 12.1 Å². The molecule has 3 heteroatoms. The third kappa shape index (κ3) is 2.33. The molecule has 0 saturated carbocycles. The van der Waals surface area contributed by atoms with E-state index in [-0.39, 0.29) is 6.10 Å². The normalized spacial score (nSPS) is 27.4. The molecule has 2 aromatic rings. The maximum Gasteiger partial charge on any atom is 0.0895 e. The topological polar surface area (TPSA) is 21.3 Å². The number of halogens is 1. The highest BCUT2D eigenvalue weighted by molar-refractivity contribution is 6.30. The van der Waals surface area contributed by atoms with E-state index in [4.69, 9.17) is 16.3 Å². The zero-order valence-electron chi connectivity index (χ0n) is 11.8. The fourth-order valence-electron chi connectivity index (χ4n) is 3.63. The summed E-state index contributed by atoms with van der Waals surface area (Å²) in [5.41, 5.74) is 3.68. The zero-order valence-corrected chi connectivity index (χ0v) is 12.5. The van der Waals surface area contributed by atoms with Crippen molar-refractivity contribution in [2.45, 2.75) is 25.0 Å². The SMILES string of the molecule is Clc1ccc2c(c1)N[C@H](c1ccccc1)[C@H]1CCCO[C@H]21. The molecule has 2 aliphatic heterocycles. The highest BCUT2D eigenvalue weighted by Gasteiger charge is 2.39. The molecule has 0 spiro atoms. The van der Waals surface area contributed by atoms with E-state index in [1.807, 2.05) is 12.1 Å². The van der Waals surface area contributed by atoms with Crippen LogP contribution in [-0.4, -0.2) is 6.61 Å². The van der Waals surface area contributed by atoms with Gasteiger partial charge >= 0.3 is 0 Å². The predicted octanol–water partition coefficient (Wildman–Crippen LogP) is 4.97. The average Bonchev–Trinajstić information content (AvgIpc) is 2.54. The van der Waals surface area contributed by atoms with Crippen molar-refractivity contribution in [1.82, 2.24) is 0 Å². The number of hydrogen-bond donors (Lipinski definition) is 1. The first-order chi connectivity index (χ1) is 10.3. The molecular weight excluding hydrogens is 282 g/mol. The second kappa shape index (κ2) is 5.36. The molecular formula is C18H18ClNO. The molecule has 0 amide bonds. The summed E-state index contributed by atoms with van der Waals surface area (Å²) in [5.74, 6) is 0.481. The lowest BCUT2D eigenvalue weighted by molar-refractivity contribution is -0.0381. The van der Waals surface area contributed by atoms with Crippen molar-refractivity contribution in [3.05, 3.63) is 64.7 Å². The summed E-state index contributed by atoms with van der Waals surface area (Å²) >= 11 is 6.16. The van der Waals surface area contributed by atoms with E-state index in [0.29, 0.717) is 12.0 Å². The first-order valence-electron chi connectivity index (χ1n) is 7.55. The molecule has 0 radical (unpaired) electrons. The van der Waals surface area contributed by atoms with E-state index in [0.717, 1.165) is 23.7 Å². The van der Waals surface area contributed by atoms with Crippen LogP contribution in [0.5, 0.6) is 0 Å². The van der Waals surface area contributed by atoms with Gasteiger partial charge in [-0.05, 0) is 30.5 Å². The number of anilines is 1. The van der Waals surface area contributed by atoms with Gasteiger partial charge in [0.2, 0.25) is 0 Å². The van der Waals surface area contributed by atoms with Crippen LogP contribution in [0, 0.1) is 5.92 Å².